The average molecular weight is 575 g/mol. The molecule has 1 unspecified atom stereocenters. The zero-order chi connectivity index (χ0) is 29.3. The predicted octanol–water partition coefficient (Wildman–Crippen LogP) is 7.73. The Hall–Kier alpha value is -2.86. The van der Waals surface area contributed by atoms with Crippen LogP contribution in [-0.4, -0.2) is 54.1 Å². The maximum absolute atomic E-state index is 13.3. The van der Waals surface area contributed by atoms with Crippen molar-refractivity contribution in [3.63, 3.8) is 0 Å². The van der Waals surface area contributed by atoms with E-state index in [1.165, 1.54) is 42.7 Å². The van der Waals surface area contributed by atoms with Crippen LogP contribution in [0.15, 0.2) is 42.1 Å². The van der Waals surface area contributed by atoms with Gasteiger partial charge >= 0.3 is 5.97 Å². The molecule has 0 aromatic heterocycles. The van der Waals surface area contributed by atoms with Crippen LogP contribution in [0.1, 0.15) is 101 Å². The molecule has 226 valence electrons. The van der Waals surface area contributed by atoms with E-state index >= 15 is 0 Å². The lowest BCUT2D eigenvalue weighted by atomic mass is 9.73. The van der Waals surface area contributed by atoms with E-state index in [0.717, 1.165) is 93.7 Å². The van der Waals surface area contributed by atoms with E-state index in [0.29, 0.717) is 18.1 Å². The molecule has 0 aliphatic carbocycles. The van der Waals surface area contributed by atoms with Gasteiger partial charge in [0.15, 0.2) is 0 Å². The second kappa shape index (κ2) is 12.4. The van der Waals surface area contributed by atoms with Crippen LogP contribution in [0.25, 0.3) is 5.57 Å². The summed E-state index contributed by atoms with van der Waals surface area (Å²) in [4.78, 5) is 18.3. The number of aryl methyl sites for hydroxylation is 1. The van der Waals surface area contributed by atoms with E-state index in [2.05, 4.69) is 42.7 Å². The number of fused-ring (bicyclic) bond motifs is 3. The molecule has 1 atom stereocenters. The lowest BCUT2D eigenvalue weighted by molar-refractivity contribution is -0.134. The van der Waals surface area contributed by atoms with Crippen LogP contribution < -0.4 is 9.47 Å². The number of carbonyl (C=O) groups is 1. The second-order valence-electron chi connectivity index (χ2n) is 13.4. The van der Waals surface area contributed by atoms with Gasteiger partial charge in [-0.05, 0) is 138 Å². The molecule has 2 aromatic rings. The van der Waals surface area contributed by atoms with E-state index in [1.54, 1.807) is 0 Å². The number of halogens is 1. The Morgan fingerprint density at radius 1 is 1.05 bits per heavy atom. The van der Waals surface area contributed by atoms with E-state index < -0.39 is 5.60 Å². The molecule has 0 radical (unpaired) electrons. The third-order valence-corrected chi connectivity index (χ3v) is 9.88. The van der Waals surface area contributed by atoms with Gasteiger partial charge in [0.2, 0.25) is 0 Å². The SMILES string of the molecule is CC(CCCc1ccc(F)cc1)c1cc(OC(=O)CCCN2CCCCC2)c2c(c1)OC(C)(C)C1=C2C2CCN1CC2. The van der Waals surface area contributed by atoms with Crippen LogP contribution in [0, 0.1) is 11.7 Å². The molecule has 7 rings (SSSR count). The summed E-state index contributed by atoms with van der Waals surface area (Å²) in [7, 11) is 0. The normalized spacial score (nSPS) is 20.6. The van der Waals surface area contributed by atoms with Gasteiger partial charge in [-0.25, -0.2) is 4.39 Å². The van der Waals surface area contributed by atoms with Crippen molar-refractivity contribution in [1.82, 2.24) is 9.80 Å². The van der Waals surface area contributed by atoms with Crippen molar-refractivity contribution >= 4 is 11.5 Å². The molecule has 42 heavy (non-hydrogen) atoms. The quantitative estimate of drug-likeness (QED) is 0.215. The van der Waals surface area contributed by atoms with Crippen molar-refractivity contribution in [2.75, 3.05) is 32.7 Å². The number of rotatable bonds is 10. The van der Waals surface area contributed by atoms with Crippen LogP contribution >= 0.6 is 0 Å². The zero-order valence-electron chi connectivity index (χ0n) is 25.7. The average Bonchev–Trinajstić information content (AvgIpc) is 2.98. The maximum Gasteiger partial charge on any atom is 0.311 e. The predicted molar refractivity (Wildman–Crippen MR) is 165 cm³/mol. The molecular weight excluding hydrogens is 527 g/mol. The first-order chi connectivity index (χ1) is 20.3. The molecule has 5 aliphatic heterocycles. The van der Waals surface area contributed by atoms with Gasteiger partial charge in [0.25, 0.3) is 0 Å². The highest BCUT2D eigenvalue weighted by atomic mass is 19.1. The summed E-state index contributed by atoms with van der Waals surface area (Å²) in [5, 5.41) is 0. The molecule has 0 spiro atoms. The van der Waals surface area contributed by atoms with Crippen molar-refractivity contribution in [3.8, 4) is 11.5 Å². The Balaban J connectivity index is 1.24. The number of nitrogens with zero attached hydrogens (tertiary/aromatic N) is 2. The van der Waals surface area contributed by atoms with Crippen molar-refractivity contribution in [1.29, 1.82) is 0 Å². The highest BCUT2D eigenvalue weighted by Gasteiger charge is 2.47. The Labute approximate surface area is 251 Å². The van der Waals surface area contributed by atoms with Crippen molar-refractivity contribution in [2.45, 2.75) is 96.5 Å². The summed E-state index contributed by atoms with van der Waals surface area (Å²) in [6.07, 6.45) is 10.3. The van der Waals surface area contributed by atoms with E-state index in [1.807, 2.05) is 12.1 Å². The summed E-state index contributed by atoms with van der Waals surface area (Å²) < 4.78 is 26.4. The number of likely N-dealkylation sites (tertiary alicyclic amines) is 1. The summed E-state index contributed by atoms with van der Waals surface area (Å²) in [5.41, 5.74) is 5.49. The van der Waals surface area contributed by atoms with Gasteiger partial charge in [0.1, 0.15) is 22.9 Å². The van der Waals surface area contributed by atoms with Crippen LogP contribution in [0.3, 0.4) is 0 Å². The minimum absolute atomic E-state index is 0.149. The molecule has 2 saturated heterocycles. The molecule has 0 N–H and O–H groups in total. The van der Waals surface area contributed by atoms with Crippen LogP contribution in [0.4, 0.5) is 4.39 Å². The molecule has 5 aliphatic rings. The summed E-state index contributed by atoms with van der Waals surface area (Å²) in [5.74, 6) is 1.92. The molecule has 5 heterocycles. The van der Waals surface area contributed by atoms with E-state index in [4.69, 9.17) is 9.47 Å². The fourth-order valence-electron chi connectivity index (χ4n) is 7.66. The first-order valence-electron chi connectivity index (χ1n) is 16.3. The number of hydrogen-bond donors (Lipinski definition) is 0. The number of allylic oxidation sites excluding steroid dienone is 1. The van der Waals surface area contributed by atoms with Crippen LogP contribution in [0.5, 0.6) is 11.5 Å². The van der Waals surface area contributed by atoms with E-state index in [9.17, 15) is 9.18 Å². The van der Waals surface area contributed by atoms with Gasteiger partial charge in [-0.2, -0.15) is 0 Å². The Kier molecular flexibility index (Phi) is 8.63. The Morgan fingerprint density at radius 2 is 1.79 bits per heavy atom. The fourth-order valence-corrected chi connectivity index (χ4v) is 7.66. The smallest absolute Gasteiger partial charge is 0.311 e. The minimum Gasteiger partial charge on any atom is -0.481 e. The van der Waals surface area contributed by atoms with Crippen molar-refractivity contribution in [3.05, 3.63) is 64.6 Å². The van der Waals surface area contributed by atoms with Crippen LogP contribution in [-0.2, 0) is 11.2 Å². The van der Waals surface area contributed by atoms with Crippen LogP contribution in [0.2, 0.25) is 0 Å². The molecular formula is C36H47FN2O3. The molecule has 0 amide bonds. The third kappa shape index (κ3) is 6.24. The first kappa shape index (κ1) is 29.2. The lowest BCUT2D eigenvalue weighted by Gasteiger charge is -2.51. The number of hydrogen-bond acceptors (Lipinski definition) is 5. The molecule has 2 fully saturated rings. The Morgan fingerprint density at radius 3 is 2.52 bits per heavy atom. The molecule has 0 saturated carbocycles. The number of benzene rings is 2. The molecule has 5 nitrogen and oxygen atoms in total. The van der Waals surface area contributed by atoms with Gasteiger partial charge < -0.3 is 19.3 Å². The molecule has 2 bridgehead atoms. The fraction of sp³-hybridized carbons (Fsp3) is 0.583. The second-order valence-corrected chi connectivity index (χ2v) is 13.4. The lowest BCUT2D eigenvalue weighted by Crippen LogP contribution is -2.51. The van der Waals surface area contributed by atoms with Gasteiger partial charge in [0, 0.05) is 19.5 Å². The summed E-state index contributed by atoms with van der Waals surface area (Å²) in [6, 6.07) is 11.1. The zero-order valence-corrected chi connectivity index (χ0v) is 25.7. The van der Waals surface area contributed by atoms with Crippen molar-refractivity contribution < 1.29 is 18.7 Å². The standard InChI is InChI=1S/C36H47FN2O3/c1-25(9-7-10-26-12-14-29(37)15-13-26)28-23-30(41-32(40)11-8-20-38-18-5-4-6-19-38)34-31(24-28)42-36(2,3)35-33(34)27-16-21-39(35)22-17-27/h12-15,23-25,27H,4-11,16-22H2,1-3H3. The maximum atomic E-state index is 13.3. The van der Waals surface area contributed by atoms with Gasteiger partial charge in [-0.1, -0.05) is 25.5 Å². The summed E-state index contributed by atoms with van der Waals surface area (Å²) in [6.45, 7) is 12.0. The number of carbonyl (C=O) groups excluding carboxylic acids is 1. The summed E-state index contributed by atoms with van der Waals surface area (Å²) >= 11 is 0. The largest absolute Gasteiger partial charge is 0.481 e. The number of esters is 1. The molecule has 6 heteroatoms. The topological polar surface area (TPSA) is 42.0 Å². The minimum atomic E-state index is -0.429. The van der Waals surface area contributed by atoms with Gasteiger partial charge in [-0.3, -0.25) is 4.79 Å². The highest BCUT2D eigenvalue weighted by Crippen LogP contribution is 2.55. The Bertz CT molecular complexity index is 1300. The molecule has 2 aromatic carbocycles. The van der Waals surface area contributed by atoms with Gasteiger partial charge in [0.05, 0.1) is 11.3 Å². The first-order valence-corrected chi connectivity index (χ1v) is 16.3. The number of piperidine rings is 2. The third-order valence-electron chi connectivity index (χ3n) is 9.88. The van der Waals surface area contributed by atoms with E-state index in [-0.39, 0.29) is 17.7 Å². The number of ether oxygens (including phenoxy) is 2. The van der Waals surface area contributed by atoms with Crippen molar-refractivity contribution in [2.24, 2.45) is 5.92 Å². The van der Waals surface area contributed by atoms with Gasteiger partial charge in [-0.15, -0.1) is 0 Å². The monoisotopic (exact) mass is 574 g/mol. The highest BCUT2D eigenvalue weighted by molar-refractivity contribution is 5.85.